The molecule has 1 unspecified atom stereocenters. The van der Waals surface area contributed by atoms with Gasteiger partial charge in [-0.15, -0.1) is 0 Å². The number of aliphatic hydroxyl groups excluding tert-OH is 1. The summed E-state index contributed by atoms with van der Waals surface area (Å²) in [6, 6.07) is 1.80. The maximum atomic E-state index is 9.46. The second-order valence-corrected chi connectivity index (χ2v) is 3.62. The lowest BCUT2D eigenvalue weighted by atomic mass is 10.2. The monoisotopic (exact) mass is 240 g/mol. The summed E-state index contributed by atoms with van der Waals surface area (Å²) in [4.78, 5) is 8.33. The maximum absolute atomic E-state index is 9.46. The van der Waals surface area contributed by atoms with Crippen LogP contribution in [0.1, 0.15) is 13.3 Å². The van der Waals surface area contributed by atoms with Crippen LogP contribution in [0.4, 0.5) is 11.8 Å². The highest BCUT2D eigenvalue weighted by atomic mass is 16.5. The molecule has 0 saturated carbocycles. The normalized spacial score (nSPS) is 12.2. The van der Waals surface area contributed by atoms with Crippen molar-refractivity contribution in [1.82, 2.24) is 9.97 Å². The minimum atomic E-state index is -0.442. The molecule has 0 amide bonds. The Morgan fingerprint density at radius 1 is 1.47 bits per heavy atom. The topological polar surface area (TPSA) is 79.3 Å². The minimum Gasteiger partial charge on any atom is -0.391 e. The number of methoxy groups -OCH3 is 1. The van der Waals surface area contributed by atoms with Crippen LogP contribution in [0.25, 0.3) is 0 Å². The largest absolute Gasteiger partial charge is 0.391 e. The average Bonchev–Trinajstić information content (AvgIpc) is 2.30. The van der Waals surface area contributed by atoms with E-state index in [9.17, 15) is 5.11 Å². The van der Waals surface area contributed by atoms with Crippen LogP contribution in [0.2, 0.25) is 0 Å². The Morgan fingerprint density at radius 3 is 3.00 bits per heavy atom. The summed E-state index contributed by atoms with van der Waals surface area (Å²) >= 11 is 0. The van der Waals surface area contributed by atoms with Crippen molar-refractivity contribution in [3.8, 4) is 0 Å². The molecular weight excluding hydrogens is 220 g/mol. The zero-order chi connectivity index (χ0) is 12.5. The Labute approximate surface area is 101 Å². The second kappa shape index (κ2) is 7.81. The number of hydrogen-bond donors (Lipinski definition) is 3. The number of hydrogen-bond acceptors (Lipinski definition) is 6. The second-order valence-electron chi connectivity index (χ2n) is 3.62. The summed E-state index contributed by atoms with van der Waals surface area (Å²) in [6.45, 7) is 3.78. The molecule has 0 bridgehead atoms. The van der Waals surface area contributed by atoms with Crippen molar-refractivity contribution in [3.63, 3.8) is 0 Å². The van der Waals surface area contributed by atoms with Gasteiger partial charge in [-0.2, -0.15) is 4.98 Å². The number of nitrogens with one attached hydrogen (secondary N) is 2. The standard InChI is InChI=1S/C11H20N4O2/c1-3-12-11-14-7-5-10(15-11)13-6-4-9(16)8-17-2/h5,7,9,16H,3-4,6,8H2,1-2H3,(H2,12,13,14,15). The first-order chi connectivity index (χ1) is 8.26. The summed E-state index contributed by atoms with van der Waals surface area (Å²) < 4.78 is 4.84. The molecule has 1 heterocycles. The van der Waals surface area contributed by atoms with Crippen LogP contribution in [0.3, 0.4) is 0 Å². The lowest BCUT2D eigenvalue weighted by Gasteiger charge is -2.10. The van der Waals surface area contributed by atoms with Gasteiger partial charge in [0, 0.05) is 26.4 Å². The van der Waals surface area contributed by atoms with E-state index in [-0.39, 0.29) is 0 Å². The third-order valence-electron chi connectivity index (χ3n) is 2.13. The van der Waals surface area contributed by atoms with Crippen LogP contribution in [0, 0.1) is 0 Å². The van der Waals surface area contributed by atoms with Gasteiger partial charge in [0.2, 0.25) is 5.95 Å². The third-order valence-corrected chi connectivity index (χ3v) is 2.13. The fraction of sp³-hybridized carbons (Fsp3) is 0.636. The van der Waals surface area contributed by atoms with E-state index >= 15 is 0 Å². The average molecular weight is 240 g/mol. The molecule has 0 spiro atoms. The Hall–Kier alpha value is -1.40. The SMILES string of the molecule is CCNc1nccc(NCCC(O)COC)n1. The molecule has 0 fully saturated rings. The molecule has 0 aliphatic heterocycles. The van der Waals surface area contributed by atoms with E-state index < -0.39 is 6.10 Å². The van der Waals surface area contributed by atoms with Gasteiger partial charge in [0.05, 0.1) is 12.7 Å². The highest BCUT2D eigenvalue weighted by molar-refractivity contribution is 5.39. The van der Waals surface area contributed by atoms with Crippen LogP contribution >= 0.6 is 0 Å². The molecule has 1 aromatic heterocycles. The van der Waals surface area contributed by atoms with Gasteiger partial charge >= 0.3 is 0 Å². The molecule has 3 N–H and O–H groups in total. The molecule has 1 rings (SSSR count). The van der Waals surface area contributed by atoms with Gasteiger partial charge in [-0.25, -0.2) is 4.98 Å². The van der Waals surface area contributed by atoms with Crippen LogP contribution in [-0.4, -0.2) is 48.0 Å². The summed E-state index contributed by atoms with van der Waals surface area (Å²) in [6.07, 6.45) is 1.87. The zero-order valence-electron chi connectivity index (χ0n) is 10.3. The van der Waals surface area contributed by atoms with Gasteiger partial charge in [-0.05, 0) is 19.4 Å². The van der Waals surface area contributed by atoms with Gasteiger partial charge < -0.3 is 20.5 Å². The number of aliphatic hydroxyl groups is 1. The van der Waals surface area contributed by atoms with Crippen molar-refractivity contribution in [2.75, 3.05) is 37.4 Å². The summed E-state index contributed by atoms with van der Waals surface area (Å²) in [5, 5.41) is 15.6. The smallest absolute Gasteiger partial charge is 0.224 e. The maximum Gasteiger partial charge on any atom is 0.224 e. The highest BCUT2D eigenvalue weighted by Gasteiger charge is 2.03. The fourth-order valence-corrected chi connectivity index (χ4v) is 1.34. The molecular formula is C11H20N4O2. The number of anilines is 2. The third kappa shape index (κ3) is 5.46. The molecule has 17 heavy (non-hydrogen) atoms. The highest BCUT2D eigenvalue weighted by Crippen LogP contribution is 2.05. The molecule has 1 aromatic rings. The number of aromatic nitrogens is 2. The van der Waals surface area contributed by atoms with Crippen molar-refractivity contribution in [2.45, 2.75) is 19.4 Å². The Bertz CT molecular complexity index is 322. The van der Waals surface area contributed by atoms with E-state index in [1.54, 1.807) is 19.4 Å². The van der Waals surface area contributed by atoms with E-state index in [1.807, 2.05) is 6.92 Å². The van der Waals surface area contributed by atoms with E-state index in [0.717, 1.165) is 12.4 Å². The first-order valence-corrected chi connectivity index (χ1v) is 5.74. The number of nitrogens with zero attached hydrogens (tertiary/aromatic N) is 2. The quantitative estimate of drug-likeness (QED) is 0.621. The molecule has 6 nitrogen and oxygen atoms in total. The summed E-state index contributed by atoms with van der Waals surface area (Å²) in [7, 11) is 1.57. The molecule has 96 valence electrons. The van der Waals surface area contributed by atoms with E-state index in [0.29, 0.717) is 25.5 Å². The predicted molar refractivity (Wildman–Crippen MR) is 67.2 cm³/mol. The van der Waals surface area contributed by atoms with Crippen molar-refractivity contribution in [3.05, 3.63) is 12.3 Å². The van der Waals surface area contributed by atoms with Crippen molar-refractivity contribution in [2.24, 2.45) is 0 Å². The molecule has 0 aliphatic carbocycles. The van der Waals surface area contributed by atoms with E-state index in [1.165, 1.54) is 0 Å². The molecule has 1 atom stereocenters. The lowest BCUT2D eigenvalue weighted by Crippen LogP contribution is -2.18. The molecule has 0 radical (unpaired) electrons. The Morgan fingerprint density at radius 2 is 2.29 bits per heavy atom. The van der Waals surface area contributed by atoms with Gasteiger partial charge in [0.1, 0.15) is 5.82 Å². The van der Waals surface area contributed by atoms with E-state index in [4.69, 9.17) is 4.74 Å². The number of rotatable bonds is 8. The summed E-state index contributed by atoms with van der Waals surface area (Å²) in [5.41, 5.74) is 0. The first-order valence-electron chi connectivity index (χ1n) is 5.74. The van der Waals surface area contributed by atoms with Crippen molar-refractivity contribution >= 4 is 11.8 Å². The van der Waals surface area contributed by atoms with E-state index in [2.05, 4.69) is 20.6 Å². The number of ether oxygens (including phenoxy) is 1. The van der Waals surface area contributed by atoms with Crippen LogP contribution in [0.5, 0.6) is 0 Å². The van der Waals surface area contributed by atoms with Gasteiger partial charge in [-0.1, -0.05) is 0 Å². The predicted octanol–water partition coefficient (Wildman–Crippen LogP) is 0.718. The van der Waals surface area contributed by atoms with Gasteiger partial charge in [-0.3, -0.25) is 0 Å². The lowest BCUT2D eigenvalue weighted by molar-refractivity contribution is 0.0615. The Balaban J connectivity index is 2.33. The molecule has 0 aliphatic rings. The van der Waals surface area contributed by atoms with Crippen molar-refractivity contribution < 1.29 is 9.84 Å². The van der Waals surface area contributed by atoms with Gasteiger partial charge in [0.25, 0.3) is 0 Å². The van der Waals surface area contributed by atoms with Gasteiger partial charge in [0.15, 0.2) is 0 Å². The van der Waals surface area contributed by atoms with Crippen molar-refractivity contribution in [1.29, 1.82) is 0 Å². The van der Waals surface area contributed by atoms with Crippen LogP contribution in [0.15, 0.2) is 12.3 Å². The summed E-state index contributed by atoms with van der Waals surface area (Å²) in [5.74, 6) is 1.36. The fourth-order valence-electron chi connectivity index (χ4n) is 1.34. The first kappa shape index (κ1) is 13.7. The van der Waals surface area contributed by atoms with Crippen LogP contribution < -0.4 is 10.6 Å². The molecule has 0 aromatic carbocycles. The Kier molecular flexibility index (Phi) is 6.27. The van der Waals surface area contributed by atoms with Crippen LogP contribution in [-0.2, 0) is 4.74 Å². The minimum absolute atomic E-state index is 0.355. The molecule has 0 saturated heterocycles. The zero-order valence-corrected chi connectivity index (χ0v) is 10.3. The molecule has 6 heteroatoms.